The van der Waals surface area contributed by atoms with Crippen molar-refractivity contribution in [3.8, 4) is 0 Å². The van der Waals surface area contributed by atoms with Crippen molar-refractivity contribution in [3.05, 3.63) is 21.3 Å². The van der Waals surface area contributed by atoms with Crippen LogP contribution in [0.1, 0.15) is 31.7 Å². The highest BCUT2D eigenvalue weighted by molar-refractivity contribution is 7.10. The van der Waals surface area contributed by atoms with E-state index in [9.17, 15) is 9.59 Å². The molecule has 0 fully saturated rings. The molecule has 0 saturated heterocycles. The van der Waals surface area contributed by atoms with E-state index in [1.807, 2.05) is 0 Å². The second kappa shape index (κ2) is 5.51. The van der Waals surface area contributed by atoms with Crippen LogP contribution >= 0.6 is 22.9 Å². The van der Waals surface area contributed by atoms with E-state index in [4.69, 9.17) is 16.3 Å². The van der Waals surface area contributed by atoms with Gasteiger partial charge >= 0.3 is 6.09 Å². The monoisotopic (exact) mass is 275 g/mol. The van der Waals surface area contributed by atoms with E-state index >= 15 is 0 Å². The molecule has 0 aromatic carbocycles. The molecule has 0 aliphatic heterocycles. The van der Waals surface area contributed by atoms with Gasteiger partial charge in [-0.2, -0.15) is 0 Å². The zero-order valence-corrected chi connectivity index (χ0v) is 11.4. The minimum atomic E-state index is -0.720. The summed E-state index contributed by atoms with van der Waals surface area (Å²) in [5.41, 5.74) is -0.593. The number of thiophene rings is 1. The lowest BCUT2D eigenvalue weighted by Crippen LogP contribution is -2.35. The third-order valence-electron chi connectivity index (χ3n) is 1.70. The summed E-state index contributed by atoms with van der Waals surface area (Å²) in [6, 6.07) is 0.921. The first-order chi connectivity index (χ1) is 7.81. The lowest BCUT2D eigenvalue weighted by molar-refractivity contribution is -0.109. The molecule has 1 amide bonds. The fourth-order valence-corrected chi connectivity index (χ4v) is 2.19. The highest BCUT2D eigenvalue weighted by Crippen LogP contribution is 2.24. The SMILES string of the molecule is CC(C)(C)OC(=O)NC(C=O)c1cc(Cl)cs1. The molecule has 0 bridgehead atoms. The lowest BCUT2D eigenvalue weighted by atomic mass is 10.2. The van der Waals surface area contributed by atoms with E-state index in [1.165, 1.54) is 11.3 Å². The Morgan fingerprint density at radius 1 is 1.59 bits per heavy atom. The fourth-order valence-electron chi connectivity index (χ4n) is 1.10. The fraction of sp³-hybridized carbons (Fsp3) is 0.455. The van der Waals surface area contributed by atoms with Crippen LogP contribution in [0.15, 0.2) is 11.4 Å². The van der Waals surface area contributed by atoms with Crippen LogP contribution in [-0.2, 0) is 9.53 Å². The lowest BCUT2D eigenvalue weighted by Gasteiger charge is -2.21. The molecular formula is C11H14ClNO3S. The van der Waals surface area contributed by atoms with Crippen LogP contribution in [0.4, 0.5) is 4.79 Å². The Hall–Kier alpha value is -1.07. The molecule has 1 heterocycles. The molecular weight excluding hydrogens is 262 g/mol. The Morgan fingerprint density at radius 3 is 2.65 bits per heavy atom. The molecule has 1 aromatic heterocycles. The maximum atomic E-state index is 11.5. The van der Waals surface area contributed by atoms with Gasteiger partial charge in [-0.15, -0.1) is 11.3 Å². The molecule has 0 spiro atoms. The number of aldehydes is 1. The number of ether oxygens (including phenoxy) is 1. The van der Waals surface area contributed by atoms with Gasteiger partial charge in [-0.25, -0.2) is 4.79 Å². The molecule has 4 nitrogen and oxygen atoms in total. The van der Waals surface area contributed by atoms with Crippen LogP contribution < -0.4 is 5.32 Å². The molecule has 17 heavy (non-hydrogen) atoms. The van der Waals surface area contributed by atoms with Crippen molar-refractivity contribution in [2.45, 2.75) is 32.4 Å². The Morgan fingerprint density at radius 2 is 2.24 bits per heavy atom. The zero-order chi connectivity index (χ0) is 13.1. The van der Waals surface area contributed by atoms with Crippen molar-refractivity contribution in [1.82, 2.24) is 5.32 Å². The van der Waals surface area contributed by atoms with Gasteiger partial charge in [0.05, 0.1) is 5.02 Å². The average molecular weight is 276 g/mol. The third-order valence-corrected chi connectivity index (χ3v) is 3.07. The van der Waals surface area contributed by atoms with Gasteiger partial charge in [-0.1, -0.05) is 11.6 Å². The van der Waals surface area contributed by atoms with Gasteiger partial charge in [-0.05, 0) is 26.8 Å². The molecule has 0 saturated carbocycles. The minimum absolute atomic E-state index is 0.544. The van der Waals surface area contributed by atoms with E-state index in [0.717, 1.165) is 0 Å². The summed E-state index contributed by atoms with van der Waals surface area (Å²) in [7, 11) is 0. The molecule has 6 heteroatoms. The topological polar surface area (TPSA) is 55.4 Å². The highest BCUT2D eigenvalue weighted by atomic mass is 35.5. The normalized spacial score (nSPS) is 12.9. The number of nitrogens with one attached hydrogen (secondary N) is 1. The van der Waals surface area contributed by atoms with Crippen LogP contribution in [-0.4, -0.2) is 18.0 Å². The first-order valence-corrected chi connectivity index (χ1v) is 6.26. The van der Waals surface area contributed by atoms with E-state index in [2.05, 4.69) is 5.32 Å². The van der Waals surface area contributed by atoms with Crippen molar-refractivity contribution >= 4 is 35.3 Å². The zero-order valence-electron chi connectivity index (χ0n) is 9.82. The summed E-state index contributed by atoms with van der Waals surface area (Å²) in [6.07, 6.45) is 0.0191. The molecule has 0 radical (unpaired) electrons. The van der Waals surface area contributed by atoms with E-state index in [1.54, 1.807) is 32.2 Å². The number of hydrogen-bond donors (Lipinski definition) is 1. The smallest absolute Gasteiger partial charge is 0.408 e. The van der Waals surface area contributed by atoms with Crippen LogP contribution in [0.2, 0.25) is 5.02 Å². The number of halogens is 1. The second-order valence-corrected chi connectivity index (χ2v) is 5.81. The molecule has 1 unspecified atom stereocenters. The van der Waals surface area contributed by atoms with E-state index in [0.29, 0.717) is 16.2 Å². The molecule has 1 atom stereocenters. The maximum absolute atomic E-state index is 11.5. The molecule has 94 valence electrons. The third kappa shape index (κ3) is 4.75. The number of carbonyl (C=O) groups is 2. The van der Waals surface area contributed by atoms with Gasteiger partial charge in [0.15, 0.2) is 0 Å². The molecule has 1 rings (SSSR count). The van der Waals surface area contributed by atoms with Crippen molar-refractivity contribution in [2.24, 2.45) is 0 Å². The number of amides is 1. The quantitative estimate of drug-likeness (QED) is 0.862. The standard InChI is InChI=1S/C11H14ClNO3S/c1-11(2,3)16-10(15)13-8(5-14)9-4-7(12)6-17-9/h4-6,8H,1-3H3,(H,13,15). The molecule has 1 aromatic rings. The number of hydrogen-bond acceptors (Lipinski definition) is 4. The predicted octanol–water partition coefficient (Wildman–Crippen LogP) is 3.17. The van der Waals surface area contributed by atoms with Gasteiger partial charge < -0.3 is 14.8 Å². The Labute approximate surface area is 109 Å². The molecule has 1 N–H and O–H groups in total. The Kier molecular flexibility index (Phi) is 4.54. The van der Waals surface area contributed by atoms with Gasteiger partial charge in [0.1, 0.15) is 17.9 Å². The van der Waals surface area contributed by atoms with Crippen molar-refractivity contribution in [3.63, 3.8) is 0 Å². The summed E-state index contributed by atoms with van der Waals surface area (Å²) in [5, 5.41) is 4.72. The Bertz CT molecular complexity index is 411. The van der Waals surface area contributed by atoms with E-state index in [-0.39, 0.29) is 0 Å². The van der Waals surface area contributed by atoms with Crippen molar-refractivity contribution < 1.29 is 14.3 Å². The van der Waals surface area contributed by atoms with Gasteiger partial charge in [0.2, 0.25) is 0 Å². The average Bonchev–Trinajstić information content (AvgIpc) is 2.58. The number of alkyl carbamates (subject to hydrolysis) is 1. The summed E-state index contributed by atoms with van der Waals surface area (Å²) in [5.74, 6) is 0. The predicted molar refractivity (Wildman–Crippen MR) is 67.5 cm³/mol. The van der Waals surface area contributed by atoms with Crippen LogP contribution in [0.5, 0.6) is 0 Å². The van der Waals surface area contributed by atoms with E-state index < -0.39 is 17.7 Å². The first kappa shape index (κ1) is 14.0. The summed E-state index contributed by atoms with van der Waals surface area (Å²) >= 11 is 7.06. The summed E-state index contributed by atoms with van der Waals surface area (Å²) in [4.78, 5) is 23.1. The highest BCUT2D eigenvalue weighted by Gasteiger charge is 2.20. The van der Waals surface area contributed by atoms with Crippen molar-refractivity contribution in [1.29, 1.82) is 0 Å². The first-order valence-electron chi connectivity index (χ1n) is 5.00. The summed E-state index contributed by atoms with van der Waals surface area (Å²) < 4.78 is 5.06. The van der Waals surface area contributed by atoms with Gasteiger partial charge in [0.25, 0.3) is 0 Å². The second-order valence-electron chi connectivity index (χ2n) is 4.43. The minimum Gasteiger partial charge on any atom is -0.444 e. The molecule has 0 aliphatic carbocycles. The van der Waals surface area contributed by atoms with Crippen LogP contribution in [0.3, 0.4) is 0 Å². The van der Waals surface area contributed by atoms with Crippen LogP contribution in [0.25, 0.3) is 0 Å². The number of rotatable bonds is 3. The van der Waals surface area contributed by atoms with Gasteiger partial charge in [-0.3, -0.25) is 0 Å². The molecule has 0 aliphatic rings. The van der Waals surface area contributed by atoms with Crippen molar-refractivity contribution in [2.75, 3.05) is 0 Å². The maximum Gasteiger partial charge on any atom is 0.408 e. The van der Waals surface area contributed by atoms with Crippen LogP contribution in [0, 0.1) is 0 Å². The summed E-state index contributed by atoms with van der Waals surface area (Å²) in [6.45, 7) is 5.26. The van der Waals surface area contributed by atoms with Gasteiger partial charge in [0, 0.05) is 10.3 Å². The number of carbonyl (C=O) groups excluding carboxylic acids is 2. The Balaban J connectivity index is 2.65. The largest absolute Gasteiger partial charge is 0.444 e.